The molecule has 1 heterocycles. The van der Waals surface area contributed by atoms with Crippen LogP contribution in [0.2, 0.25) is 0 Å². The van der Waals surface area contributed by atoms with Gasteiger partial charge in [0.15, 0.2) is 0 Å². The van der Waals surface area contributed by atoms with E-state index in [-0.39, 0.29) is 5.92 Å². The highest BCUT2D eigenvalue weighted by atomic mass is 19.4. The molecule has 4 heteroatoms. The summed E-state index contributed by atoms with van der Waals surface area (Å²) in [7, 11) is 2.01. The van der Waals surface area contributed by atoms with Gasteiger partial charge in [0.1, 0.15) is 0 Å². The fraction of sp³-hybridized carbons (Fsp3) is 0.412. The van der Waals surface area contributed by atoms with Crippen LogP contribution in [0.25, 0.3) is 0 Å². The van der Waals surface area contributed by atoms with Crippen LogP contribution in [0.5, 0.6) is 0 Å². The van der Waals surface area contributed by atoms with Crippen molar-refractivity contribution in [2.75, 3.05) is 7.05 Å². The van der Waals surface area contributed by atoms with E-state index in [0.717, 1.165) is 17.0 Å². The molecule has 0 saturated heterocycles. The van der Waals surface area contributed by atoms with Crippen LogP contribution in [0.4, 0.5) is 13.2 Å². The predicted octanol–water partition coefficient (Wildman–Crippen LogP) is 5.32. The molecule has 0 radical (unpaired) electrons. The molecule has 0 N–H and O–H groups in total. The van der Waals surface area contributed by atoms with E-state index in [2.05, 4.69) is 4.90 Å². The van der Waals surface area contributed by atoms with Crippen LogP contribution >= 0.6 is 0 Å². The Labute approximate surface area is 123 Å². The molecule has 0 spiro atoms. The van der Waals surface area contributed by atoms with Crippen molar-refractivity contribution in [1.82, 2.24) is 4.90 Å². The van der Waals surface area contributed by atoms with Crippen LogP contribution in [0.15, 0.2) is 46.8 Å². The average molecular weight is 295 g/mol. The van der Waals surface area contributed by atoms with Crippen LogP contribution in [0.1, 0.15) is 44.7 Å². The van der Waals surface area contributed by atoms with Crippen molar-refractivity contribution in [1.29, 1.82) is 0 Å². The summed E-state index contributed by atoms with van der Waals surface area (Å²) >= 11 is 0. The van der Waals surface area contributed by atoms with Crippen molar-refractivity contribution in [3.05, 3.63) is 57.9 Å². The molecule has 0 amide bonds. The number of halogens is 3. The van der Waals surface area contributed by atoms with Gasteiger partial charge in [-0.3, -0.25) is 0 Å². The van der Waals surface area contributed by atoms with E-state index >= 15 is 0 Å². The highest BCUT2D eigenvalue weighted by Gasteiger charge is 2.31. The molecule has 0 aromatic heterocycles. The molecule has 0 unspecified atom stereocenters. The molecule has 0 atom stereocenters. The van der Waals surface area contributed by atoms with Gasteiger partial charge in [0.2, 0.25) is 0 Å². The number of allylic oxidation sites excluding steroid dienone is 4. The third-order valence-electron chi connectivity index (χ3n) is 4.58. The fourth-order valence-corrected chi connectivity index (χ4v) is 2.89. The summed E-state index contributed by atoms with van der Waals surface area (Å²) < 4.78 is 38.0. The maximum Gasteiger partial charge on any atom is 0.416 e. The molecule has 1 aromatic rings. The summed E-state index contributed by atoms with van der Waals surface area (Å²) in [6.07, 6.45) is -4.28. The van der Waals surface area contributed by atoms with Gasteiger partial charge in [0.25, 0.3) is 0 Å². The molecule has 0 bridgehead atoms. The molecular formula is C17H20F3N. The lowest BCUT2D eigenvalue weighted by Crippen LogP contribution is -2.24. The van der Waals surface area contributed by atoms with Gasteiger partial charge < -0.3 is 4.90 Å². The van der Waals surface area contributed by atoms with E-state index in [4.69, 9.17) is 0 Å². The van der Waals surface area contributed by atoms with Crippen molar-refractivity contribution < 1.29 is 13.2 Å². The van der Waals surface area contributed by atoms with Crippen LogP contribution in [-0.4, -0.2) is 11.9 Å². The minimum absolute atomic E-state index is 0.0588. The lowest BCUT2D eigenvalue weighted by Gasteiger charge is -2.35. The molecule has 1 aliphatic heterocycles. The van der Waals surface area contributed by atoms with Crippen molar-refractivity contribution in [3.8, 4) is 0 Å². The Bertz CT molecular complexity index is 580. The smallest absolute Gasteiger partial charge is 0.352 e. The highest BCUT2D eigenvalue weighted by Crippen LogP contribution is 2.41. The first-order chi connectivity index (χ1) is 9.64. The van der Waals surface area contributed by atoms with Crippen molar-refractivity contribution in [2.45, 2.75) is 39.8 Å². The van der Waals surface area contributed by atoms with E-state index in [1.165, 1.54) is 23.3 Å². The minimum Gasteiger partial charge on any atom is -0.352 e. The summed E-state index contributed by atoms with van der Waals surface area (Å²) in [6, 6.07) is 5.51. The molecule has 21 heavy (non-hydrogen) atoms. The number of rotatable bonds is 1. The van der Waals surface area contributed by atoms with Crippen LogP contribution in [-0.2, 0) is 6.18 Å². The maximum atomic E-state index is 12.7. The molecule has 1 aliphatic rings. The summed E-state index contributed by atoms with van der Waals surface area (Å²) in [4.78, 5) is 2.13. The number of benzene rings is 1. The second-order valence-electron chi connectivity index (χ2n) is 5.65. The number of alkyl halides is 3. The summed E-state index contributed by atoms with van der Waals surface area (Å²) in [5.41, 5.74) is 4.98. The highest BCUT2D eigenvalue weighted by molar-refractivity contribution is 5.44. The first kappa shape index (κ1) is 15.7. The van der Waals surface area contributed by atoms with Gasteiger partial charge in [0, 0.05) is 24.4 Å². The molecular weight excluding hydrogens is 275 g/mol. The zero-order valence-electron chi connectivity index (χ0n) is 13.0. The van der Waals surface area contributed by atoms with Crippen LogP contribution in [0, 0.1) is 0 Å². The monoisotopic (exact) mass is 295 g/mol. The van der Waals surface area contributed by atoms with Gasteiger partial charge in [-0.05, 0) is 56.5 Å². The van der Waals surface area contributed by atoms with Crippen molar-refractivity contribution >= 4 is 0 Å². The van der Waals surface area contributed by atoms with Gasteiger partial charge >= 0.3 is 6.18 Å². The number of hydrogen-bond donors (Lipinski definition) is 0. The van der Waals surface area contributed by atoms with E-state index in [1.807, 2.05) is 34.7 Å². The van der Waals surface area contributed by atoms with E-state index in [9.17, 15) is 13.2 Å². The van der Waals surface area contributed by atoms with Gasteiger partial charge in [-0.2, -0.15) is 13.2 Å². The Morgan fingerprint density at radius 3 is 1.67 bits per heavy atom. The Morgan fingerprint density at radius 1 is 0.857 bits per heavy atom. The van der Waals surface area contributed by atoms with Gasteiger partial charge in [-0.15, -0.1) is 0 Å². The van der Waals surface area contributed by atoms with Crippen molar-refractivity contribution in [2.24, 2.45) is 0 Å². The molecule has 0 aliphatic carbocycles. The summed E-state index contributed by atoms with van der Waals surface area (Å²) in [5.74, 6) is 0.0588. The minimum atomic E-state index is -4.28. The van der Waals surface area contributed by atoms with Crippen LogP contribution in [0.3, 0.4) is 0 Å². The first-order valence-electron chi connectivity index (χ1n) is 6.90. The van der Waals surface area contributed by atoms with E-state index in [1.54, 1.807) is 12.1 Å². The molecule has 2 rings (SSSR count). The van der Waals surface area contributed by atoms with Gasteiger partial charge in [-0.1, -0.05) is 12.1 Å². The molecule has 114 valence electrons. The topological polar surface area (TPSA) is 3.24 Å². The second-order valence-corrected chi connectivity index (χ2v) is 5.65. The Hall–Kier alpha value is -1.71. The fourth-order valence-electron chi connectivity index (χ4n) is 2.89. The maximum absolute atomic E-state index is 12.7. The average Bonchev–Trinajstić information content (AvgIpc) is 2.43. The zero-order chi connectivity index (χ0) is 15.9. The Morgan fingerprint density at radius 2 is 1.29 bits per heavy atom. The summed E-state index contributed by atoms with van der Waals surface area (Å²) in [6.45, 7) is 8.18. The molecule has 0 saturated carbocycles. The normalized spacial score (nSPS) is 17.8. The first-order valence-corrected chi connectivity index (χ1v) is 6.90. The Kier molecular flexibility index (Phi) is 3.91. The van der Waals surface area contributed by atoms with Gasteiger partial charge in [-0.25, -0.2) is 0 Å². The van der Waals surface area contributed by atoms with Crippen molar-refractivity contribution in [3.63, 3.8) is 0 Å². The lowest BCUT2D eigenvalue weighted by atomic mass is 9.81. The third kappa shape index (κ3) is 2.71. The van der Waals surface area contributed by atoms with E-state index < -0.39 is 11.7 Å². The molecule has 1 nitrogen and oxygen atoms in total. The lowest BCUT2D eigenvalue weighted by molar-refractivity contribution is -0.137. The van der Waals surface area contributed by atoms with E-state index in [0.29, 0.717) is 0 Å². The summed E-state index contributed by atoms with van der Waals surface area (Å²) in [5, 5.41) is 0. The molecule has 0 fully saturated rings. The number of hydrogen-bond acceptors (Lipinski definition) is 1. The standard InChI is InChI=1S/C17H20F3N/c1-10-12(3)21(5)13(4)11(2)16(10)14-6-8-15(9-7-14)17(18,19)20/h6-9,16H,1-5H3. The second kappa shape index (κ2) is 5.24. The molecule has 1 aromatic carbocycles. The third-order valence-corrected chi connectivity index (χ3v) is 4.58. The SMILES string of the molecule is CC1=C(C)N(C)C(C)=C(C)C1c1ccc(C(F)(F)F)cc1. The van der Waals surface area contributed by atoms with Gasteiger partial charge in [0.05, 0.1) is 5.56 Å². The van der Waals surface area contributed by atoms with Crippen LogP contribution < -0.4 is 0 Å². The largest absolute Gasteiger partial charge is 0.416 e. The predicted molar refractivity (Wildman–Crippen MR) is 78.7 cm³/mol. The number of nitrogens with zero attached hydrogens (tertiary/aromatic N) is 1. The zero-order valence-corrected chi connectivity index (χ0v) is 13.0. The Balaban J connectivity index is 2.46. The quantitative estimate of drug-likeness (QED) is 0.677.